The summed E-state index contributed by atoms with van der Waals surface area (Å²) in [6, 6.07) is 15.8. The molecule has 0 saturated carbocycles. The second kappa shape index (κ2) is 10.6. The van der Waals surface area contributed by atoms with Gasteiger partial charge in [-0.05, 0) is 36.6 Å². The highest BCUT2D eigenvalue weighted by atomic mass is 35.5. The molecule has 1 amide bonds. The van der Waals surface area contributed by atoms with Crippen LogP contribution in [0.25, 0.3) is 0 Å². The third-order valence-electron chi connectivity index (χ3n) is 4.77. The van der Waals surface area contributed by atoms with Gasteiger partial charge in [0.15, 0.2) is 5.69 Å². The van der Waals surface area contributed by atoms with Crippen molar-refractivity contribution < 1.29 is 9.21 Å². The van der Waals surface area contributed by atoms with Gasteiger partial charge in [-0.1, -0.05) is 66.5 Å². The van der Waals surface area contributed by atoms with Crippen LogP contribution in [0.4, 0.5) is 0 Å². The SMILES string of the molecule is CCC(C)NC(=O)c1coc(CN(Cc2ccccc2)Cc2ccc(Cl)c(Cl)c2)n1. The Balaban J connectivity index is 1.75. The molecule has 0 saturated heterocycles. The van der Waals surface area contributed by atoms with Crippen molar-refractivity contribution in [2.45, 2.75) is 45.9 Å². The van der Waals surface area contributed by atoms with E-state index in [2.05, 4.69) is 27.3 Å². The molecule has 1 unspecified atom stereocenters. The van der Waals surface area contributed by atoms with Crippen molar-refractivity contribution in [3.63, 3.8) is 0 Å². The number of aromatic nitrogens is 1. The summed E-state index contributed by atoms with van der Waals surface area (Å²) >= 11 is 12.2. The van der Waals surface area contributed by atoms with E-state index in [1.165, 1.54) is 11.8 Å². The second-order valence-electron chi connectivity index (χ2n) is 7.29. The molecule has 1 N–H and O–H groups in total. The summed E-state index contributed by atoms with van der Waals surface area (Å²) in [7, 11) is 0. The van der Waals surface area contributed by atoms with Gasteiger partial charge < -0.3 is 9.73 Å². The van der Waals surface area contributed by atoms with Crippen LogP contribution in [-0.2, 0) is 19.6 Å². The molecule has 30 heavy (non-hydrogen) atoms. The van der Waals surface area contributed by atoms with E-state index in [1.807, 2.05) is 44.2 Å². The van der Waals surface area contributed by atoms with E-state index in [0.29, 0.717) is 41.3 Å². The van der Waals surface area contributed by atoms with Gasteiger partial charge in [0.2, 0.25) is 5.89 Å². The number of rotatable bonds is 9. The lowest BCUT2D eigenvalue weighted by molar-refractivity contribution is 0.0934. The van der Waals surface area contributed by atoms with Crippen LogP contribution in [0.5, 0.6) is 0 Å². The monoisotopic (exact) mass is 445 g/mol. The molecular formula is C23H25Cl2N3O2. The number of hydrogen-bond acceptors (Lipinski definition) is 4. The average Bonchev–Trinajstić information content (AvgIpc) is 3.20. The quantitative estimate of drug-likeness (QED) is 0.457. The topological polar surface area (TPSA) is 58.4 Å². The van der Waals surface area contributed by atoms with E-state index < -0.39 is 0 Å². The molecular weight excluding hydrogens is 421 g/mol. The van der Waals surface area contributed by atoms with Crippen LogP contribution in [0.2, 0.25) is 10.0 Å². The zero-order valence-corrected chi connectivity index (χ0v) is 18.6. The highest BCUT2D eigenvalue weighted by Crippen LogP contribution is 2.24. The van der Waals surface area contributed by atoms with Crippen molar-refractivity contribution in [2.24, 2.45) is 0 Å². The van der Waals surface area contributed by atoms with Gasteiger partial charge in [-0.3, -0.25) is 9.69 Å². The predicted molar refractivity (Wildman–Crippen MR) is 120 cm³/mol. The molecule has 3 rings (SSSR count). The molecule has 1 atom stereocenters. The summed E-state index contributed by atoms with van der Waals surface area (Å²) in [6.45, 7) is 5.74. The molecule has 5 nitrogen and oxygen atoms in total. The third kappa shape index (κ3) is 6.33. The summed E-state index contributed by atoms with van der Waals surface area (Å²) in [6.07, 6.45) is 2.26. The van der Waals surface area contributed by atoms with E-state index in [4.69, 9.17) is 27.6 Å². The summed E-state index contributed by atoms with van der Waals surface area (Å²) in [4.78, 5) is 18.9. The van der Waals surface area contributed by atoms with E-state index in [1.54, 1.807) is 6.07 Å². The van der Waals surface area contributed by atoms with Crippen LogP contribution in [0.15, 0.2) is 59.2 Å². The minimum atomic E-state index is -0.224. The lowest BCUT2D eigenvalue weighted by atomic mass is 10.1. The highest BCUT2D eigenvalue weighted by Gasteiger charge is 2.17. The van der Waals surface area contributed by atoms with E-state index in [9.17, 15) is 4.79 Å². The van der Waals surface area contributed by atoms with Crippen LogP contribution in [0, 0.1) is 0 Å². The Hall–Kier alpha value is -2.34. The van der Waals surface area contributed by atoms with E-state index in [0.717, 1.165) is 12.0 Å². The molecule has 0 spiro atoms. The molecule has 1 heterocycles. The Morgan fingerprint density at radius 1 is 1.07 bits per heavy atom. The maximum Gasteiger partial charge on any atom is 0.273 e. The Kier molecular flexibility index (Phi) is 7.91. The van der Waals surface area contributed by atoms with Crippen LogP contribution in [-0.4, -0.2) is 21.8 Å². The number of benzene rings is 2. The Morgan fingerprint density at radius 3 is 2.50 bits per heavy atom. The fourth-order valence-corrected chi connectivity index (χ4v) is 3.31. The number of nitrogens with one attached hydrogen (secondary N) is 1. The zero-order valence-electron chi connectivity index (χ0n) is 17.1. The largest absolute Gasteiger partial charge is 0.447 e. The van der Waals surface area contributed by atoms with Crippen LogP contribution >= 0.6 is 23.2 Å². The van der Waals surface area contributed by atoms with Crippen molar-refractivity contribution in [1.29, 1.82) is 0 Å². The van der Waals surface area contributed by atoms with Gasteiger partial charge in [0, 0.05) is 19.1 Å². The number of oxazole rings is 1. The molecule has 158 valence electrons. The molecule has 0 bridgehead atoms. The molecule has 1 aromatic heterocycles. The molecule has 0 aliphatic carbocycles. The minimum Gasteiger partial charge on any atom is -0.447 e. The van der Waals surface area contributed by atoms with E-state index >= 15 is 0 Å². The molecule has 3 aromatic rings. The normalized spacial score (nSPS) is 12.2. The third-order valence-corrected chi connectivity index (χ3v) is 5.51. The minimum absolute atomic E-state index is 0.0851. The van der Waals surface area contributed by atoms with Gasteiger partial charge in [-0.2, -0.15) is 0 Å². The standard InChI is InChI=1S/C23H25Cl2N3O2/c1-3-16(2)26-23(29)21-15-30-22(27-21)14-28(12-17-7-5-4-6-8-17)13-18-9-10-19(24)20(25)11-18/h4-11,15-16H,3,12-14H2,1-2H3,(H,26,29). The predicted octanol–water partition coefficient (Wildman–Crippen LogP) is 5.71. The number of carbonyl (C=O) groups excluding carboxylic acids is 1. The van der Waals surface area contributed by atoms with Gasteiger partial charge in [-0.25, -0.2) is 4.98 Å². The number of nitrogens with zero attached hydrogens (tertiary/aromatic N) is 2. The van der Waals surface area contributed by atoms with Gasteiger partial charge in [0.05, 0.1) is 16.6 Å². The van der Waals surface area contributed by atoms with Crippen molar-refractivity contribution in [1.82, 2.24) is 15.2 Å². The first-order chi connectivity index (χ1) is 14.4. The number of halogens is 2. The fraction of sp³-hybridized carbons (Fsp3) is 0.304. The number of carbonyl (C=O) groups is 1. The maximum atomic E-state index is 12.3. The maximum absolute atomic E-state index is 12.3. The van der Waals surface area contributed by atoms with Crippen LogP contribution in [0.1, 0.15) is 47.8 Å². The zero-order chi connectivity index (χ0) is 21.5. The fourth-order valence-electron chi connectivity index (χ4n) is 2.98. The van der Waals surface area contributed by atoms with Gasteiger partial charge in [0.25, 0.3) is 5.91 Å². The summed E-state index contributed by atoms with van der Waals surface area (Å²) in [5.41, 5.74) is 2.49. The number of hydrogen-bond donors (Lipinski definition) is 1. The molecule has 0 radical (unpaired) electrons. The van der Waals surface area contributed by atoms with Gasteiger partial charge in [-0.15, -0.1) is 0 Å². The Bertz CT molecular complexity index is 976. The van der Waals surface area contributed by atoms with Gasteiger partial charge in [0.1, 0.15) is 6.26 Å². The highest BCUT2D eigenvalue weighted by molar-refractivity contribution is 6.42. The first-order valence-electron chi connectivity index (χ1n) is 9.90. The lowest BCUT2D eigenvalue weighted by Crippen LogP contribution is -2.32. The van der Waals surface area contributed by atoms with Gasteiger partial charge >= 0.3 is 0 Å². The van der Waals surface area contributed by atoms with Crippen molar-refractivity contribution >= 4 is 29.1 Å². The Morgan fingerprint density at radius 2 is 1.80 bits per heavy atom. The molecule has 7 heteroatoms. The van der Waals surface area contributed by atoms with Crippen molar-refractivity contribution in [2.75, 3.05) is 0 Å². The lowest BCUT2D eigenvalue weighted by Gasteiger charge is -2.21. The summed E-state index contributed by atoms with van der Waals surface area (Å²) in [5.74, 6) is 0.263. The molecule has 0 aliphatic heterocycles. The summed E-state index contributed by atoms with van der Waals surface area (Å²) in [5, 5.41) is 3.95. The first kappa shape index (κ1) is 22.3. The number of amides is 1. The molecule has 2 aromatic carbocycles. The second-order valence-corrected chi connectivity index (χ2v) is 8.10. The smallest absolute Gasteiger partial charge is 0.273 e. The molecule has 0 aliphatic rings. The average molecular weight is 446 g/mol. The first-order valence-corrected chi connectivity index (χ1v) is 10.7. The Labute approximate surface area is 187 Å². The summed E-state index contributed by atoms with van der Waals surface area (Å²) < 4.78 is 5.59. The van der Waals surface area contributed by atoms with Crippen molar-refractivity contribution in [3.05, 3.63) is 87.6 Å². The van der Waals surface area contributed by atoms with Crippen LogP contribution < -0.4 is 5.32 Å². The van der Waals surface area contributed by atoms with Crippen LogP contribution in [0.3, 0.4) is 0 Å². The van der Waals surface area contributed by atoms with E-state index in [-0.39, 0.29) is 11.9 Å². The van der Waals surface area contributed by atoms with Crippen molar-refractivity contribution in [3.8, 4) is 0 Å². The molecule has 0 fully saturated rings.